The molecule has 0 saturated carbocycles. The summed E-state index contributed by atoms with van der Waals surface area (Å²) in [6.45, 7) is 3.14. The van der Waals surface area contributed by atoms with Gasteiger partial charge in [-0.2, -0.15) is 0 Å². The number of hydrogen-bond acceptors (Lipinski definition) is 4. The normalized spacial score (nSPS) is 15.1. The van der Waals surface area contributed by atoms with Crippen LogP contribution >= 0.6 is 0 Å². The van der Waals surface area contributed by atoms with Crippen molar-refractivity contribution >= 4 is 5.82 Å². The van der Waals surface area contributed by atoms with E-state index in [9.17, 15) is 9.59 Å². The second-order valence-corrected chi connectivity index (χ2v) is 6.43. The molecule has 0 saturated heterocycles. The van der Waals surface area contributed by atoms with Crippen molar-refractivity contribution in [3.05, 3.63) is 92.6 Å². The molecule has 6 nitrogen and oxygen atoms in total. The summed E-state index contributed by atoms with van der Waals surface area (Å²) in [7, 11) is 0. The zero-order valence-electron chi connectivity index (χ0n) is 14.5. The molecule has 0 unspecified atom stereocenters. The van der Waals surface area contributed by atoms with Gasteiger partial charge in [0.1, 0.15) is 5.82 Å². The summed E-state index contributed by atoms with van der Waals surface area (Å²) in [5, 5.41) is 3.28. The first-order valence-corrected chi connectivity index (χ1v) is 8.61. The predicted molar refractivity (Wildman–Crippen MR) is 102 cm³/mol. The van der Waals surface area contributed by atoms with Gasteiger partial charge in [0.05, 0.1) is 17.9 Å². The molecule has 26 heavy (non-hydrogen) atoms. The summed E-state index contributed by atoms with van der Waals surface area (Å²) in [6, 6.07) is 19.6. The molecule has 2 N–H and O–H groups in total. The van der Waals surface area contributed by atoms with Gasteiger partial charge in [-0.15, -0.1) is 0 Å². The maximum Gasteiger partial charge on any atom is 0.334 e. The van der Waals surface area contributed by atoms with E-state index in [1.807, 2.05) is 48.5 Å². The number of aromatic nitrogens is 2. The van der Waals surface area contributed by atoms with Crippen LogP contribution in [-0.4, -0.2) is 21.1 Å². The van der Waals surface area contributed by atoms with Gasteiger partial charge < -0.3 is 5.32 Å². The van der Waals surface area contributed by atoms with E-state index in [4.69, 9.17) is 0 Å². The van der Waals surface area contributed by atoms with Crippen LogP contribution in [0.1, 0.15) is 24.1 Å². The fraction of sp³-hybridized carbons (Fsp3) is 0.200. The van der Waals surface area contributed by atoms with Gasteiger partial charge in [0.2, 0.25) is 0 Å². The molecule has 1 aliphatic heterocycles. The van der Waals surface area contributed by atoms with Gasteiger partial charge in [-0.05, 0) is 24.6 Å². The molecule has 2 heterocycles. The van der Waals surface area contributed by atoms with Crippen molar-refractivity contribution in [1.29, 1.82) is 0 Å². The first-order valence-electron chi connectivity index (χ1n) is 8.61. The van der Waals surface area contributed by atoms with Crippen LogP contribution in [0.5, 0.6) is 0 Å². The highest BCUT2D eigenvalue weighted by molar-refractivity contribution is 5.51. The van der Waals surface area contributed by atoms with E-state index in [1.165, 1.54) is 10.1 Å². The van der Waals surface area contributed by atoms with E-state index in [2.05, 4.69) is 34.3 Å². The minimum Gasteiger partial charge on any atom is -0.358 e. The second-order valence-electron chi connectivity index (χ2n) is 6.43. The van der Waals surface area contributed by atoms with Crippen molar-refractivity contribution < 1.29 is 0 Å². The van der Waals surface area contributed by atoms with Crippen LogP contribution in [0.15, 0.2) is 70.3 Å². The number of rotatable bonds is 3. The third-order valence-electron chi connectivity index (χ3n) is 4.86. The van der Waals surface area contributed by atoms with E-state index in [0.29, 0.717) is 24.6 Å². The molecule has 0 bridgehead atoms. The molecule has 1 aliphatic rings. The van der Waals surface area contributed by atoms with Crippen molar-refractivity contribution in [2.45, 2.75) is 19.5 Å². The summed E-state index contributed by atoms with van der Waals surface area (Å²) in [4.78, 5) is 29.5. The molecule has 4 rings (SSSR count). The highest BCUT2D eigenvalue weighted by atomic mass is 16.2. The highest BCUT2D eigenvalue weighted by Crippen LogP contribution is 2.27. The number of para-hydroxylation sites is 1. The monoisotopic (exact) mass is 348 g/mol. The molecule has 0 fully saturated rings. The van der Waals surface area contributed by atoms with Gasteiger partial charge in [-0.25, -0.2) is 9.36 Å². The molecule has 2 aromatic carbocycles. The molecular formula is C20H20N4O2. The Morgan fingerprint density at radius 1 is 0.962 bits per heavy atom. The van der Waals surface area contributed by atoms with Crippen molar-refractivity contribution in [3.63, 3.8) is 0 Å². The van der Waals surface area contributed by atoms with Crippen LogP contribution in [0, 0.1) is 0 Å². The minimum absolute atomic E-state index is 0.147. The van der Waals surface area contributed by atoms with E-state index in [-0.39, 0.29) is 11.6 Å². The lowest BCUT2D eigenvalue weighted by Crippen LogP contribution is -2.43. The fourth-order valence-corrected chi connectivity index (χ4v) is 3.38. The molecule has 0 aliphatic carbocycles. The van der Waals surface area contributed by atoms with Gasteiger partial charge in [-0.3, -0.25) is 14.7 Å². The summed E-state index contributed by atoms with van der Waals surface area (Å²) >= 11 is 0. The maximum absolute atomic E-state index is 12.4. The van der Waals surface area contributed by atoms with E-state index in [1.54, 1.807) is 0 Å². The largest absolute Gasteiger partial charge is 0.358 e. The fourth-order valence-electron chi connectivity index (χ4n) is 3.38. The van der Waals surface area contributed by atoms with Crippen LogP contribution in [0.4, 0.5) is 5.82 Å². The third kappa shape index (κ3) is 2.84. The number of hydrogen-bond donors (Lipinski definition) is 2. The Kier molecular flexibility index (Phi) is 4.18. The molecule has 0 spiro atoms. The zero-order valence-corrected chi connectivity index (χ0v) is 14.5. The number of aromatic amines is 1. The van der Waals surface area contributed by atoms with Crippen LogP contribution in [0.2, 0.25) is 0 Å². The molecule has 6 heteroatoms. The Bertz CT molecular complexity index is 1030. The number of nitrogens with one attached hydrogen (secondary N) is 2. The lowest BCUT2D eigenvalue weighted by molar-refractivity contribution is 0.207. The van der Waals surface area contributed by atoms with Gasteiger partial charge in [0.25, 0.3) is 5.56 Å². The Morgan fingerprint density at radius 3 is 2.31 bits per heavy atom. The van der Waals surface area contributed by atoms with Crippen LogP contribution in [0.25, 0.3) is 5.69 Å². The Morgan fingerprint density at radius 2 is 1.62 bits per heavy atom. The van der Waals surface area contributed by atoms with Gasteiger partial charge in [0.15, 0.2) is 0 Å². The lowest BCUT2D eigenvalue weighted by Gasteiger charge is -2.35. The van der Waals surface area contributed by atoms with Gasteiger partial charge in [0, 0.05) is 12.6 Å². The predicted octanol–water partition coefficient (Wildman–Crippen LogP) is 2.47. The van der Waals surface area contributed by atoms with Crippen LogP contribution < -0.4 is 16.6 Å². The molecule has 3 aromatic rings. The van der Waals surface area contributed by atoms with Crippen molar-refractivity contribution in [2.75, 3.05) is 12.0 Å². The Hall–Kier alpha value is -3.12. The molecular weight excluding hydrogens is 328 g/mol. The number of benzene rings is 2. The average Bonchev–Trinajstić information content (AvgIpc) is 2.69. The Labute approximate surface area is 150 Å². The number of fused-ring (bicyclic) bond motifs is 1. The van der Waals surface area contributed by atoms with Crippen molar-refractivity contribution in [2.24, 2.45) is 0 Å². The molecule has 1 atom stereocenters. The number of nitrogens with zero attached hydrogens (tertiary/aromatic N) is 2. The van der Waals surface area contributed by atoms with Gasteiger partial charge >= 0.3 is 5.69 Å². The van der Waals surface area contributed by atoms with Crippen molar-refractivity contribution in [1.82, 2.24) is 14.5 Å². The number of H-pyrrole nitrogens is 1. The summed E-state index contributed by atoms with van der Waals surface area (Å²) in [6.07, 6.45) is 0. The topological polar surface area (TPSA) is 70.1 Å². The van der Waals surface area contributed by atoms with Crippen LogP contribution in [-0.2, 0) is 6.54 Å². The van der Waals surface area contributed by atoms with E-state index < -0.39 is 5.69 Å². The minimum atomic E-state index is -0.433. The standard InChI is InChI=1S/C20H20N4O2/c1-14(15-8-4-2-5-9-15)23-12-17-18(21-13-23)24(20(26)22-19(17)25)16-10-6-3-7-11-16/h2-11,14,21H,12-13H2,1H3,(H,22,25,26)/t14-/m1/s1. The maximum atomic E-state index is 12.4. The molecule has 0 amide bonds. The number of anilines is 1. The first-order chi connectivity index (χ1) is 12.6. The molecule has 132 valence electrons. The summed E-state index contributed by atoms with van der Waals surface area (Å²) < 4.78 is 1.53. The SMILES string of the molecule is C[C@H](c1ccccc1)N1CNc2c(c(=O)[nH]c(=O)n2-c2ccccc2)C1. The highest BCUT2D eigenvalue weighted by Gasteiger charge is 2.26. The smallest absolute Gasteiger partial charge is 0.334 e. The van der Waals surface area contributed by atoms with E-state index >= 15 is 0 Å². The summed E-state index contributed by atoms with van der Waals surface area (Å²) in [5.74, 6) is 0.571. The lowest BCUT2D eigenvalue weighted by atomic mass is 10.1. The quantitative estimate of drug-likeness (QED) is 0.763. The molecule has 1 aromatic heterocycles. The Balaban J connectivity index is 1.75. The first kappa shape index (κ1) is 16.4. The van der Waals surface area contributed by atoms with E-state index in [0.717, 1.165) is 5.69 Å². The zero-order chi connectivity index (χ0) is 18.1. The van der Waals surface area contributed by atoms with Crippen LogP contribution in [0.3, 0.4) is 0 Å². The second kappa shape index (κ2) is 6.65. The van der Waals surface area contributed by atoms with Gasteiger partial charge in [-0.1, -0.05) is 48.5 Å². The summed E-state index contributed by atoms with van der Waals surface area (Å²) in [5.41, 5.74) is 1.71. The van der Waals surface area contributed by atoms with Crippen molar-refractivity contribution in [3.8, 4) is 5.69 Å². The average molecular weight is 348 g/mol. The third-order valence-corrected chi connectivity index (χ3v) is 4.86. The molecule has 0 radical (unpaired) electrons.